The zero-order chi connectivity index (χ0) is 16.4. The molecule has 1 saturated carbocycles. The minimum Gasteiger partial charge on any atom is -0.490 e. The number of carbonyl (C=O) groups excluding carboxylic acids is 1. The highest BCUT2D eigenvalue weighted by atomic mass is 79.9. The van der Waals surface area contributed by atoms with Gasteiger partial charge in [-0.15, -0.1) is 0 Å². The second-order valence-corrected chi connectivity index (χ2v) is 7.28. The van der Waals surface area contributed by atoms with Crippen molar-refractivity contribution >= 4 is 22.0 Å². The lowest BCUT2D eigenvalue weighted by molar-refractivity contribution is 0.0477. The first-order valence-corrected chi connectivity index (χ1v) is 7.87. The number of nitrogens with one attached hydrogen (secondary N) is 1. The summed E-state index contributed by atoms with van der Waals surface area (Å²) in [6.07, 6.45) is 1.23. The number of nitriles is 1. The lowest BCUT2D eigenvalue weighted by atomic mass is 10.2. The number of carbonyl (C=O) groups is 1. The molecule has 2 rings (SSSR count). The summed E-state index contributed by atoms with van der Waals surface area (Å²) in [4.78, 5) is 11.9. The molecule has 0 bridgehead atoms. The van der Waals surface area contributed by atoms with Crippen LogP contribution in [0.5, 0.6) is 5.75 Å². The van der Waals surface area contributed by atoms with Gasteiger partial charge in [-0.25, -0.2) is 4.79 Å². The zero-order valence-electron chi connectivity index (χ0n) is 12.9. The Kier molecular flexibility index (Phi) is 4.66. The summed E-state index contributed by atoms with van der Waals surface area (Å²) in [5, 5.41) is 12.0. The van der Waals surface area contributed by atoms with E-state index < -0.39 is 17.2 Å². The largest absolute Gasteiger partial charge is 0.490 e. The highest BCUT2D eigenvalue weighted by Gasteiger charge is 2.46. The number of ether oxygens (including phenoxy) is 2. The molecule has 0 heterocycles. The van der Waals surface area contributed by atoms with Gasteiger partial charge in [0.15, 0.2) is 0 Å². The van der Waals surface area contributed by atoms with Crippen molar-refractivity contribution in [2.45, 2.75) is 44.8 Å². The van der Waals surface area contributed by atoms with Gasteiger partial charge in [0.25, 0.3) is 0 Å². The van der Waals surface area contributed by atoms with Gasteiger partial charge in [-0.3, -0.25) is 0 Å². The fourth-order valence-corrected chi connectivity index (χ4v) is 2.36. The van der Waals surface area contributed by atoms with Gasteiger partial charge >= 0.3 is 6.09 Å². The molecule has 1 amide bonds. The number of hydrogen-bond acceptors (Lipinski definition) is 4. The molecule has 0 spiro atoms. The summed E-state index contributed by atoms with van der Waals surface area (Å²) in [5.41, 5.74) is -0.466. The normalized spacial score (nSPS) is 15.6. The second-order valence-electron chi connectivity index (χ2n) is 6.42. The monoisotopic (exact) mass is 366 g/mol. The maximum Gasteiger partial charge on any atom is 0.408 e. The number of benzene rings is 1. The molecule has 118 valence electrons. The van der Waals surface area contributed by atoms with Gasteiger partial charge in [0.05, 0.1) is 5.54 Å². The molecule has 0 aromatic heterocycles. The van der Waals surface area contributed by atoms with E-state index in [4.69, 9.17) is 14.7 Å². The van der Waals surface area contributed by atoms with Crippen LogP contribution in [0.3, 0.4) is 0 Å². The van der Waals surface area contributed by atoms with E-state index in [2.05, 4.69) is 27.3 Å². The van der Waals surface area contributed by atoms with Gasteiger partial charge in [-0.2, -0.15) is 5.26 Å². The molecular weight excluding hydrogens is 348 g/mol. The van der Waals surface area contributed by atoms with E-state index in [0.29, 0.717) is 22.4 Å². The fraction of sp³-hybridized carbons (Fsp3) is 0.500. The first kappa shape index (κ1) is 16.6. The Morgan fingerprint density at radius 1 is 1.45 bits per heavy atom. The van der Waals surface area contributed by atoms with Crippen LogP contribution < -0.4 is 10.1 Å². The molecule has 0 saturated heterocycles. The minimum absolute atomic E-state index is 0.317. The molecule has 1 aromatic rings. The maximum atomic E-state index is 11.9. The molecule has 5 nitrogen and oxygen atoms in total. The van der Waals surface area contributed by atoms with Crippen LogP contribution in [0, 0.1) is 11.3 Å². The second kappa shape index (κ2) is 6.17. The standard InChI is InChI=1S/C16H19BrN2O3/c1-15(2,3)22-14(20)19-16(7-8-16)10-21-13-6-4-5-12(17)11(13)9-18/h4-6H,7-8,10H2,1-3H3,(H,19,20). The van der Waals surface area contributed by atoms with Crippen LogP contribution in [0.1, 0.15) is 39.2 Å². The quantitative estimate of drug-likeness (QED) is 0.880. The summed E-state index contributed by atoms with van der Waals surface area (Å²) < 4.78 is 11.7. The molecule has 1 fully saturated rings. The highest BCUT2D eigenvalue weighted by Crippen LogP contribution is 2.37. The van der Waals surface area contributed by atoms with Crippen molar-refractivity contribution in [2.75, 3.05) is 6.61 Å². The molecule has 1 aliphatic carbocycles. The topological polar surface area (TPSA) is 71.3 Å². The van der Waals surface area contributed by atoms with E-state index >= 15 is 0 Å². The molecule has 0 atom stereocenters. The van der Waals surface area contributed by atoms with Crippen LogP contribution >= 0.6 is 15.9 Å². The van der Waals surface area contributed by atoms with Crippen LogP contribution in [0.4, 0.5) is 4.79 Å². The Labute approximate surface area is 138 Å². The van der Waals surface area contributed by atoms with Crippen LogP contribution in [0.15, 0.2) is 22.7 Å². The van der Waals surface area contributed by atoms with Crippen molar-refractivity contribution in [2.24, 2.45) is 0 Å². The van der Waals surface area contributed by atoms with Crippen molar-refractivity contribution in [1.29, 1.82) is 5.26 Å². The fourth-order valence-electron chi connectivity index (χ4n) is 1.93. The number of halogens is 1. The van der Waals surface area contributed by atoms with Crippen molar-refractivity contribution in [3.63, 3.8) is 0 Å². The molecule has 22 heavy (non-hydrogen) atoms. The first-order chi connectivity index (χ1) is 10.2. The molecular formula is C16H19BrN2O3. The third kappa shape index (κ3) is 4.38. The number of hydrogen-bond donors (Lipinski definition) is 1. The molecule has 1 N–H and O–H groups in total. The van der Waals surface area contributed by atoms with Crippen molar-refractivity contribution in [3.05, 3.63) is 28.2 Å². The van der Waals surface area contributed by atoms with Crippen LogP contribution in [0.2, 0.25) is 0 Å². The molecule has 0 unspecified atom stereocenters. The molecule has 1 aromatic carbocycles. The van der Waals surface area contributed by atoms with Crippen LogP contribution in [-0.2, 0) is 4.74 Å². The number of amides is 1. The lowest BCUT2D eigenvalue weighted by Gasteiger charge is -2.23. The van der Waals surface area contributed by atoms with Gasteiger partial charge in [-0.1, -0.05) is 6.07 Å². The predicted molar refractivity (Wildman–Crippen MR) is 85.7 cm³/mol. The zero-order valence-corrected chi connectivity index (χ0v) is 14.5. The number of alkyl carbamates (subject to hydrolysis) is 1. The van der Waals surface area contributed by atoms with E-state index in [1.54, 1.807) is 18.2 Å². The van der Waals surface area contributed by atoms with Crippen molar-refractivity contribution in [1.82, 2.24) is 5.32 Å². The minimum atomic E-state index is -0.528. The Morgan fingerprint density at radius 2 is 2.14 bits per heavy atom. The first-order valence-electron chi connectivity index (χ1n) is 7.07. The highest BCUT2D eigenvalue weighted by molar-refractivity contribution is 9.10. The van der Waals surface area contributed by atoms with Crippen LogP contribution in [0.25, 0.3) is 0 Å². The third-order valence-corrected chi connectivity index (χ3v) is 3.87. The summed E-state index contributed by atoms with van der Waals surface area (Å²) in [6, 6.07) is 7.45. The van der Waals surface area contributed by atoms with Gasteiger partial charge < -0.3 is 14.8 Å². The van der Waals surface area contributed by atoms with E-state index in [9.17, 15) is 4.79 Å². The van der Waals surface area contributed by atoms with Gasteiger partial charge in [0.1, 0.15) is 29.6 Å². The van der Waals surface area contributed by atoms with E-state index in [1.807, 2.05) is 20.8 Å². The SMILES string of the molecule is CC(C)(C)OC(=O)NC1(COc2cccc(Br)c2C#N)CC1. The van der Waals surface area contributed by atoms with E-state index in [-0.39, 0.29) is 0 Å². The summed E-state index contributed by atoms with van der Waals surface area (Å²) in [7, 11) is 0. The third-order valence-electron chi connectivity index (χ3n) is 3.21. The number of nitrogens with zero attached hydrogens (tertiary/aromatic N) is 1. The molecule has 6 heteroatoms. The van der Waals surface area contributed by atoms with Gasteiger partial charge in [0.2, 0.25) is 0 Å². The Bertz CT molecular complexity index is 613. The average molecular weight is 367 g/mol. The van der Waals surface area contributed by atoms with Crippen LogP contribution in [-0.4, -0.2) is 23.8 Å². The number of rotatable bonds is 4. The Hall–Kier alpha value is -1.74. The van der Waals surface area contributed by atoms with Gasteiger partial charge in [-0.05, 0) is 61.7 Å². The summed E-state index contributed by atoms with van der Waals surface area (Å²) in [6.45, 7) is 5.79. The summed E-state index contributed by atoms with van der Waals surface area (Å²) >= 11 is 3.32. The molecule has 0 aliphatic heterocycles. The molecule has 0 radical (unpaired) electrons. The maximum absolute atomic E-state index is 11.9. The predicted octanol–water partition coefficient (Wildman–Crippen LogP) is 3.76. The van der Waals surface area contributed by atoms with Crippen molar-refractivity contribution < 1.29 is 14.3 Å². The average Bonchev–Trinajstić information content (AvgIpc) is 3.14. The molecule has 1 aliphatic rings. The Morgan fingerprint density at radius 3 is 2.68 bits per heavy atom. The summed E-state index contributed by atoms with van der Waals surface area (Å²) in [5.74, 6) is 0.508. The van der Waals surface area contributed by atoms with E-state index in [0.717, 1.165) is 12.8 Å². The lowest BCUT2D eigenvalue weighted by Crippen LogP contribution is -2.44. The van der Waals surface area contributed by atoms with Gasteiger partial charge in [0, 0.05) is 4.47 Å². The smallest absolute Gasteiger partial charge is 0.408 e. The van der Waals surface area contributed by atoms with E-state index in [1.165, 1.54) is 0 Å². The Balaban J connectivity index is 1.96. The van der Waals surface area contributed by atoms with Crippen molar-refractivity contribution in [3.8, 4) is 11.8 Å².